The molecule has 7 heteroatoms. The molecule has 0 aliphatic heterocycles. The molecule has 0 radical (unpaired) electrons. The first-order valence-electron chi connectivity index (χ1n) is 8.56. The molecule has 0 bridgehead atoms. The van der Waals surface area contributed by atoms with Gasteiger partial charge in [0.15, 0.2) is 11.5 Å². The summed E-state index contributed by atoms with van der Waals surface area (Å²) < 4.78 is 23.8. The highest BCUT2D eigenvalue weighted by Gasteiger charge is 2.09. The van der Waals surface area contributed by atoms with Crippen molar-refractivity contribution in [2.24, 2.45) is 0 Å². The van der Waals surface area contributed by atoms with Crippen molar-refractivity contribution in [2.75, 3.05) is 19.5 Å². The van der Waals surface area contributed by atoms with Gasteiger partial charge >= 0.3 is 0 Å². The van der Waals surface area contributed by atoms with Gasteiger partial charge in [-0.25, -0.2) is 4.39 Å². The third-order valence-corrected chi connectivity index (χ3v) is 4.01. The first-order chi connectivity index (χ1) is 13.6. The molecular weight excluding hydrogens is 361 g/mol. The molecule has 2 N–H and O–H groups in total. The SMILES string of the molecule is COc1ccc(CNC(=O)c2cncc(Nc3cccc(F)c3)c2)cc1OC. The van der Waals surface area contributed by atoms with Crippen LogP contribution in [0.2, 0.25) is 0 Å². The van der Waals surface area contributed by atoms with E-state index in [9.17, 15) is 9.18 Å². The van der Waals surface area contributed by atoms with E-state index in [-0.39, 0.29) is 11.7 Å². The number of nitrogens with zero attached hydrogens (tertiary/aromatic N) is 1. The first kappa shape index (κ1) is 19.2. The second-order valence-electron chi connectivity index (χ2n) is 5.97. The van der Waals surface area contributed by atoms with E-state index in [4.69, 9.17) is 9.47 Å². The number of benzene rings is 2. The quantitative estimate of drug-likeness (QED) is 0.649. The summed E-state index contributed by atoms with van der Waals surface area (Å²) in [6, 6.07) is 13.2. The Morgan fingerprint density at radius 3 is 2.57 bits per heavy atom. The van der Waals surface area contributed by atoms with E-state index in [1.165, 1.54) is 18.3 Å². The minimum atomic E-state index is -0.346. The molecule has 0 spiro atoms. The minimum Gasteiger partial charge on any atom is -0.493 e. The number of anilines is 2. The van der Waals surface area contributed by atoms with Crippen LogP contribution in [-0.4, -0.2) is 25.1 Å². The van der Waals surface area contributed by atoms with Crippen LogP contribution >= 0.6 is 0 Å². The predicted molar refractivity (Wildman–Crippen MR) is 105 cm³/mol. The van der Waals surface area contributed by atoms with Gasteiger partial charge < -0.3 is 20.1 Å². The Hall–Kier alpha value is -3.61. The molecule has 3 aromatic rings. The van der Waals surface area contributed by atoms with E-state index in [2.05, 4.69) is 15.6 Å². The topological polar surface area (TPSA) is 72.5 Å². The van der Waals surface area contributed by atoms with Crippen molar-refractivity contribution in [2.45, 2.75) is 6.54 Å². The fraction of sp³-hybridized carbons (Fsp3) is 0.143. The third kappa shape index (κ3) is 4.76. The van der Waals surface area contributed by atoms with Crippen LogP contribution in [0, 0.1) is 5.82 Å². The number of nitrogens with one attached hydrogen (secondary N) is 2. The number of ether oxygens (including phenoxy) is 2. The summed E-state index contributed by atoms with van der Waals surface area (Å²) in [5, 5.41) is 5.87. The molecule has 144 valence electrons. The Balaban J connectivity index is 1.66. The molecule has 0 saturated carbocycles. The van der Waals surface area contributed by atoms with Crippen molar-refractivity contribution in [3.05, 3.63) is 77.9 Å². The first-order valence-corrected chi connectivity index (χ1v) is 8.56. The lowest BCUT2D eigenvalue weighted by atomic mass is 10.2. The Labute approximate surface area is 162 Å². The van der Waals surface area contributed by atoms with Crippen LogP contribution in [-0.2, 0) is 6.54 Å². The van der Waals surface area contributed by atoms with Crippen molar-refractivity contribution in [3.8, 4) is 11.5 Å². The van der Waals surface area contributed by atoms with Crippen LogP contribution in [0.1, 0.15) is 15.9 Å². The normalized spacial score (nSPS) is 10.2. The maximum atomic E-state index is 13.3. The van der Waals surface area contributed by atoms with Gasteiger partial charge in [0.25, 0.3) is 5.91 Å². The predicted octanol–water partition coefficient (Wildman–Crippen LogP) is 3.91. The molecule has 28 heavy (non-hydrogen) atoms. The molecule has 6 nitrogen and oxygen atoms in total. The van der Waals surface area contributed by atoms with Crippen molar-refractivity contribution in [3.63, 3.8) is 0 Å². The molecule has 0 unspecified atom stereocenters. The van der Waals surface area contributed by atoms with Crippen LogP contribution in [0.15, 0.2) is 60.9 Å². The van der Waals surface area contributed by atoms with Crippen molar-refractivity contribution >= 4 is 17.3 Å². The van der Waals surface area contributed by atoms with E-state index in [0.29, 0.717) is 35.0 Å². The highest BCUT2D eigenvalue weighted by molar-refractivity contribution is 5.94. The van der Waals surface area contributed by atoms with Crippen LogP contribution in [0.4, 0.5) is 15.8 Å². The largest absolute Gasteiger partial charge is 0.493 e. The number of methoxy groups -OCH3 is 2. The molecule has 1 amide bonds. The van der Waals surface area contributed by atoms with Crippen LogP contribution in [0.5, 0.6) is 11.5 Å². The van der Waals surface area contributed by atoms with Crippen LogP contribution in [0.3, 0.4) is 0 Å². The zero-order chi connectivity index (χ0) is 19.9. The fourth-order valence-corrected chi connectivity index (χ4v) is 2.64. The molecule has 0 aliphatic rings. The molecule has 1 aromatic heterocycles. The Morgan fingerprint density at radius 1 is 1.00 bits per heavy atom. The van der Waals surface area contributed by atoms with Gasteiger partial charge in [-0.3, -0.25) is 9.78 Å². The lowest BCUT2D eigenvalue weighted by Crippen LogP contribution is -2.23. The van der Waals surface area contributed by atoms with Gasteiger partial charge in [-0.05, 0) is 42.0 Å². The highest BCUT2D eigenvalue weighted by atomic mass is 19.1. The summed E-state index contributed by atoms with van der Waals surface area (Å²) in [5.74, 6) is 0.599. The van der Waals surface area contributed by atoms with Gasteiger partial charge in [-0.2, -0.15) is 0 Å². The van der Waals surface area contributed by atoms with Gasteiger partial charge in [-0.1, -0.05) is 12.1 Å². The molecule has 0 aliphatic carbocycles. The Morgan fingerprint density at radius 2 is 1.82 bits per heavy atom. The monoisotopic (exact) mass is 381 g/mol. The summed E-state index contributed by atoms with van der Waals surface area (Å²) in [5.41, 5.74) is 2.42. The van der Waals surface area contributed by atoms with E-state index in [1.807, 2.05) is 6.07 Å². The Bertz CT molecular complexity index is 979. The van der Waals surface area contributed by atoms with Crippen molar-refractivity contribution in [1.82, 2.24) is 10.3 Å². The number of amides is 1. The van der Waals surface area contributed by atoms with Gasteiger partial charge in [-0.15, -0.1) is 0 Å². The minimum absolute atomic E-state index is 0.273. The van der Waals surface area contributed by atoms with Crippen molar-refractivity contribution in [1.29, 1.82) is 0 Å². The number of hydrogen-bond donors (Lipinski definition) is 2. The average Bonchev–Trinajstić information content (AvgIpc) is 2.72. The van der Waals surface area contributed by atoms with Gasteiger partial charge in [0.2, 0.25) is 0 Å². The number of carbonyl (C=O) groups excluding carboxylic acids is 1. The van der Waals surface area contributed by atoms with Gasteiger partial charge in [0.1, 0.15) is 5.82 Å². The van der Waals surface area contributed by atoms with Gasteiger partial charge in [0.05, 0.1) is 31.7 Å². The zero-order valence-electron chi connectivity index (χ0n) is 15.5. The standard InChI is InChI=1S/C21H20FN3O3/c1-27-19-7-6-14(8-20(19)28-2)11-24-21(26)15-9-18(13-23-12-15)25-17-5-3-4-16(22)10-17/h3-10,12-13,25H,11H2,1-2H3,(H,24,26). The fourth-order valence-electron chi connectivity index (χ4n) is 2.64. The molecular formula is C21H20FN3O3. The second kappa shape index (κ2) is 8.85. The molecule has 0 atom stereocenters. The number of rotatable bonds is 7. The highest BCUT2D eigenvalue weighted by Crippen LogP contribution is 2.27. The average molecular weight is 381 g/mol. The Kier molecular flexibility index (Phi) is 6.06. The lowest BCUT2D eigenvalue weighted by molar-refractivity contribution is 0.0950. The molecule has 3 rings (SSSR count). The van der Waals surface area contributed by atoms with E-state index < -0.39 is 0 Å². The summed E-state index contributed by atoms with van der Waals surface area (Å²) in [4.78, 5) is 16.5. The van der Waals surface area contributed by atoms with Gasteiger partial charge in [0, 0.05) is 18.4 Å². The molecule has 1 heterocycles. The molecule has 0 saturated heterocycles. The summed E-state index contributed by atoms with van der Waals surface area (Å²) in [6.45, 7) is 0.320. The maximum Gasteiger partial charge on any atom is 0.253 e. The summed E-state index contributed by atoms with van der Waals surface area (Å²) >= 11 is 0. The van der Waals surface area contributed by atoms with Crippen LogP contribution < -0.4 is 20.1 Å². The molecule has 2 aromatic carbocycles. The summed E-state index contributed by atoms with van der Waals surface area (Å²) in [6.07, 6.45) is 3.04. The number of halogens is 1. The van der Waals surface area contributed by atoms with E-state index in [1.54, 1.807) is 50.7 Å². The molecule has 0 fully saturated rings. The van der Waals surface area contributed by atoms with E-state index in [0.717, 1.165) is 5.56 Å². The third-order valence-electron chi connectivity index (χ3n) is 4.01. The number of pyridine rings is 1. The van der Waals surface area contributed by atoms with E-state index >= 15 is 0 Å². The van der Waals surface area contributed by atoms with Crippen molar-refractivity contribution < 1.29 is 18.7 Å². The summed E-state index contributed by atoms with van der Waals surface area (Å²) in [7, 11) is 3.13. The van der Waals surface area contributed by atoms with Crippen LogP contribution in [0.25, 0.3) is 0 Å². The number of aromatic nitrogens is 1. The second-order valence-corrected chi connectivity index (χ2v) is 5.97. The number of carbonyl (C=O) groups is 1. The number of hydrogen-bond acceptors (Lipinski definition) is 5. The maximum absolute atomic E-state index is 13.3. The smallest absolute Gasteiger partial charge is 0.253 e. The zero-order valence-corrected chi connectivity index (χ0v) is 15.5. The lowest BCUT2D eigenvalue weighted by Gasteiger charge is -2.11.